The summed E-state index contributed by atoms with van der Waals surface area (Å²) >= 11 is 6.11. The monoisotopic (exact) mass is 424 g/mol. The maximum atomic E-state index is 14.2. The van der Waals surface area contributed by atoms with E-state index in [0.717, 1.165) is 17.4 Å². The number of ether oxygens (including phenoxy) is 1. The number of halogens is 2. The van der Waals surface area contributed by atoms with E-state index in [1.165, 1.54) is 19.2 Å². The van der Waals surface area contributed by atoms with E-state index in [1.54, 1.807) is 11.0 Å². The number of Topliss-reactive ketones (excluding diaryl/α,β-unsaturated/α-hetero) is 1. The van der Waals surface area contributed by atoms with Gasteiger partial charge in [-0.3, -0.25) is 24.0 Å². The second kappa shape index (κ2) is 8.89. The first-order valence-corrected chi connectivity index (χ1v) is 9.53. The van der Waals surface area contributed by atoms with E-state index < -0.39 is 22.8 Å². The van der Waals surface area contributed by atoms with Crippen LogP contribution >= 0.6 is 11.6 Å². The normalized spacial score (nSPS) is 13.8. The van der Waals surface area contributed by atoms with Crippen LogP contribution in [-0.2, 0) is 17.8 Å². The Morgan fingerprint density at radius 2 is 2.14 bits per heavy atom. The van der Waals surface area contributed by atoms with Gasteiger partial charge in [-0.25, -0.2) is 9.18 Å². The van der Waals surface area contributed by atoms with Crippen molar-refractivity contribution in [1.29, 1.82) is 0 Å². The molecule has 0 atom stereocenters. The van der Waals surface area contributed by atoms with Crippen LogP contribution in [0.4, 0.5) is 10.2 Å². The van der Waals surface area contributed by atoms with Gasteiger partial charge in [0.2, 0.25) is 0 Å². The largest absolute Gasteiger partial charge is 0.384 e. The predicted molar refractivity (Wildman–Crippen MR) is 107 cm³/mol. The molecule has 0 spiro atoms. The molecule has 1 heterocycles. The Labute approximate surface area is 171 Å². The Balaban J connectivity index is 1.88. The van der Waals surface area contributed by atoms with E-state index in [2.05, 4.69) is 4.98 Å². The van der Waals surface area contributed by atoms with Crippen molar-refractivity contribution in [3.8, 4) is 0 Å². The Morgan fingerprint density at radius 3 is 2.76 bits per heavy atom. The lowest BCUT2D eigenvalue weighted by Crippen LogP contribution is -2.40. The molecular weight excluding hydrogens is 403 g/mol. The third kappa shape index (κ3) is 4.75. The maximum absolute atomic E-state index is 14.2. The molecule has 0 radical (unpaired) electrons. The summed E-state index contributed by atoms with van der Waals surface area (Å²) in [6.45, 7) is 0.257. The SMILES string of the molecule is COCCn1c(N)c(C(=O)CN(Cc2c(F)cccc2Cl)C2CC2)c(=O)[nH]c1=O. The van der Waals surface area contributed by atoms with Crippen LogP contribution in [0.2, 0.25) is 5.02 Å². The molecule has 0 unspecified atom stereocenters. The number of H-pyrrole nitrogens is 1. The molecule has 1 aromatic carbocycles. The van der Waals surface area contributed by atoms with Gasteiger partial charge in [0.15, 0.2) is 5.78 Å². The minimum atomic E-state index is -0.842. The summed E-state index contributed by atoms with van der Waals surface area (Å²) < 4.78 is 20.2. The highest BCUT2D eigenvalue weighted by molar-refractivity contribution is 6.31. The molecule has 3 N–H and O–H groups in total. The van der Waals surface area contributed by atoms with Gasteiger partial charge in [-0.2, -0.15) is 0 Å². The van der Waals surface area contributed by atoms with Gasteiger partial charge in [0.05, 0.1) is 19.7 Å². The molecular formula is C19H22ClFN4O4. The number of nitrogens with two attached hydrogens (primary N) is 1. The Bertz CT molecular complexity index is 1010. The number of hydrogen-bond donors (Lipinski definition) is 2. The number of rotatable bonds is 9. The number of aromatic amines is 1. The molecule has 0 aliphatic heterocycles. The minimum Gasteiger partial charge on any atom is -0.384 e. The van der Waals surface area contributed by atoms with Crippen molar-refractivity contribution < 1.29 is 13.9 Å². The fourth-order valence-corrected chi connectivity index (χ4v) is 3.39. The smallest absolute Gasteiger partial charge is 0.330 e. The van der Waals surface area contributed by atoms with Crippen LogP contribution in [0.1, 0.15) is 28.8 Å². The standard InChI is InChI=1S/C19H22ClFN4O4/c1-29-8-7-25-17(22)16(18(27)23-19(25)28)15(26)10-24(11-5-6-11)9-12-13(20)3-2-4-14(12)21/h2-4,11H,5-10,22H2,1H3,(H,23,27,28). The number of anilines is 1. The molecule has 156 valence electrons. The number of nitrogens with one attached hydrogen (secondary N) is 1. The third-order valence-corrected chi connectivity index (χ3v) is 5.22. The van der Waals surface area contributed by atoms with Crippen LogP contribution in [0.3, 0.4) is 0 Å². The molecule has 0 bridgehead atoms. The molecule has 1 aliphatic rings. The van der Waals surface area contributed by atoms with Crippen LogP contribution in [-0.4, -0.2) is 46.5 Å². The van der Waals surface area contributed by atoms with Gasteiger partial charge in [-0.1, -0.05) is 17.7 Å². The topological polar surface area (TPSA) is 110 Å². The first-order valence-electron chi connectivity index (χ1n) is 9.15. The number of carbonyl (C=O) groups is 1. The number of hydrogen-bond acceptors (Lipinski definition) is 6. The molecule has 0 saturated heterocycles. The van der Waals surface area contributed by atoms with E-state index >= 15 is 0 Å². The van der Waals surface area contributed by atoms with Crippen LogP contribution in [0, 0.1) is 5.82 Å². The highest BCUT2D eigenvalue weighted by Gasteiger charge is 2.32. The molecule has 3 rings (SSSR count). The Hall–Kier alpha value is -2.49. The van der Waals surface area contributed by atoms with E-state index in [-0.39, 0.29) is 48.7 Å². The fraction of sp³-hybridized carbons (Fsp3) is 0.421. The molecule has 2 aromatic rings. The summed E-state index contributed by atoms with van der Waals surface area (Å²) in [5.41, 5.74) is 4.42. The van der Waals surface area contributed by atoms with Gasteiger partial charge < -0.3 is 10.5 Å². The van der Waals surface area contributed by atoms with Crippen molar-refractivity contribution in [3.05, 3.63) is 61.0 Å². The van der Waals surface area contributed by atoms with Gasteiger partial charge in [0.25, 0.3) is 5.56 Å². The van der Waals surface area contributed by atoms with Gasteiger partial charge in [0.1, 0.15) is 17.2 Å². The van der Waals surface area contributed by atoms with Gasteiger partial charge in [0, 0.05) is 30.3 Å². The van der Waals surface area contributed by atoms with Gasteiger partial charge in [-0.05, 0) is 25.0 Å². The van der Waals surface area contributed by atoms with Gasteiger partial charge >= 0.3 is 5.69 Å². The van der Waals surface area contributed by atoms with Gasteiger partial charge in [-0.15, -0.1) is 0 Å². The second-order valence-electron chi connectivity index (χ2n) is 6.92. The zero-order chi connectivity index (χ0) is 21.1. The fourth-order valence-electron chi connectivity index (χ4n) is 3.17. The number of aromatic nitrogens is 2. The van der Waals surface area contributed by atoms with Crippen molar-refractivity contribution in [2.75, 3.05) is 26.0 Å². The van der Waals surface area contributed by atoms with Crippen LogP contribution in [0.25, 0.3) is 0 Å². The number of benzene rings is 1. The van der Waals surface area contributed by atoms with Crippen molar-refractivity contribution in [3.63, 3.8) is 0 Å². The Morgan fingerprint density at radius 1 is 1.41 bits per heavy atom. The molecule has 29 heavy (non-hydrogen) atoms. The van der Waals surface area contributed by atoms with E-state index in [0.29, 0.717) is 5.56 Å². The van der Waals surface area contributed by atoms with E-state index in [4.69, 9.17) is 22.1 Å². The molecule has 8 nitrogen and oxygen atoms in total. The zero-order valence-electron chi connectivity index (χ0n) is 15.9. The van der Waals surface area contributed by atoms with Crippen LogP contribution in [0.5, 0.6) is 0 Å². The lowest BCUT2D eigenvalue weighted by Gasteiger charge is -2.22. The second-order valence-corrected chi connectivity index (χ2v) is 7.33. The summed E-state index contributed by atoms with van der Waals surface area (Å²) in [6.07, 6.45) is 1.72. The predicted octanol–water partition coefficient (Wildman–Crippen LogP) is 1.41. The molecule has 0 amide bonds. The van der Waals surface area contributed by atoms with Crippen LogP contribution in [0.15, 0.2) is 27.8 Å². The highest BCUT2D eigenvalue weighted by Crippen LogP contribution is 2.30. The van der Waals surface area contributed by atoms with E-state index in [1.807, 2.05) is 0 Å². The van der Waals surface area contributed by atoms with E-state index in [9.17, 15) is 18.8 Å². The van der Waals surface area contributed by atoms with Crippen molar-refractivity contribution in [2.24, 2.45) is 0 Å². The average molecular weight is 425 g/mol. The summed E-state index contributed by atoms with van der Waals surface area (Å²) in [5.74, 6) is -1.21. The number of nitrogens with zero attached hydrogens (tertiary/aromatic N) is 2. The molecule has 10 heteroatoms. The molecule has 1 fully saturated rings. The lowest BCUT2D eigenvalue weighted by molar-refractivity contribution is 0.0916. The Kier molecular flexibility index (Phi) is 6.51. The first kappa shape index (κ1) is 21.2. The average Bonchev–Trinajstić information content (AvgIpc) is 3.48. The summed E-state index contributed by atoms with van der Waals surface area (Å²) in [6, 6.07) is 4.50. The molecule has 1 aromatic heterocycles. The van der Waals surface area contributed by atoms with Crippen LogP contribution < -0.4 is 17.0 Å². The lowest BCUT2D eigenvalue weighted by atomic mass is 10.1. The zero-order valence-corrected chi connectivity index (χ0v) is 16.7. The van der Waals surface area contributed by atoms with Crippen molar-refractivity contribution >= 4 is 23.2 Å². The first-order chi connectivity index (χ1) is 13.8. The number of methoxy groups -OCH3 is 1. The summed E-state index contributed by atoms with van der Waals surface area (Å²) in [5, 5.41) is 0.272. The molecule has 1 saturated carbocycles. The highest BCUT2D eigenvalue weighted by atomic mass is 35.5. The van der Waals surface area contributed by atoms with Crippen molar-refractivity contribution in [1.82, 2.24) is 14.5 Å². The quantitative estimate of drug-likeness (QED) is 0.589. The molecule has 1 aliphatic carbocycles. The van der Waals surface area contributed by atoms with Crippen molar-refractivity contribution in [2.45, 2.75) is 32.0 Å². The number of carbonyl (C=O) groups excluding carboxylic acids is 1. The maximum Gasteiger partial charge on any atom is 0.330 e. The number of ketones is 1. The summed E-state index contributed by atoms with van der Waals surface area (Å²) in [4.78, 5) is 41.1. The summed E-state index contributed by atoms with van der Waals surface area (Å²) in [7, 11) is 1.46. The number of nitrogen functional groups attached to an aromatic ring is 1. The third-order valence-electron chi connectivity index (χ3n) is 4.87. The minimum absolute atomic E-state index is 0.0920.